The Kier molecular flexibility index (Phi) is 4.34. The third-order valence-electron chi connectivity index (χ3n) is 3.69. The number of hydrogen-bond acceptors (Lipinski definition) is 8. The minimum atomic E-state index is -0.0545. The first kappa shape index (κ1) is 15.8. The number of anilines is 4. The van der Waals surface area contributed by atoms with E-state index in [0.29, 0.717) is 36.1 Å². The highest BCUT2D eigenvalue weighted by molar-refractivity contribution is 5.79. The summed E-state index contributed by atoms with van der Waals surface area (Å²) in [6.45, 7) is 0.534. The van der Waals surface area contributed by atoms with Crippen molar-refractivity contribution in [1.82, 2.24) is 15.3 Å². The summed E-state index contributed by atoms with van der Waals surface area (Å²) in [6, 6.07) is 7.13. The number of benzene rings is 1. The van der Waals surface area contributed by atoms with E-state index in [9.17, 15) is 4.79 Å². The Labute approximate surface area is 139 Å². The Morgan fingerprint density at radius 2 is 2.12 bits per heavy atom. The van der Waals surface area contributed by atoms with E-state index in [4.69, 9.17) is 16.3 Å². The quantitative estimate of drug-likeness (QED) is 0.457. The second-order valence-electron chi connectivity index (χ2n) is 5.39. The van der Waals surface area contributed by atoms with Gasteiger partial charge in [-0.3, -0.25) is 9.80 Å². The normalized spacial score (nSPS) is 16.6. The molecular weight excluding hydrogens is 310 g/mol. The van der Waals surface area contributed by atoms with Crippen LogP contribution in [0.2, 0.25) is 0 Å². The van der Waals surface area contributed by atoms with Gasteiger partial charge in [0.15, 0.2) is 5.82 Å². The summed E-state index contributed by atoms with van der Waals surface area (Å²) < 4.78 is 5.13. The van der Waals surface area contributed by atoms with Gasteiger partial charge in [0.25, 0.3) is 0 Å². The fourth-order valence-corrected chi connectivity index (χ4v) is 2.40. The molecule has 0 bridgehead atoms. The Morgan fingerprint density at radius 3 is 2.75 bits per heavy atom. The number of methoxy groups -OCH3 is 1. The van der Waals surface area contributed by atoms with Gasteiger partial charge in [-0.1, -0.05) is 0 Å². The summed E-state index contributed by atoms with van der Waals surface area (Å²) >= 11 is 0. The number of nitrogens with zero attached hydrogens (tertiary/aromatic N) is 3. The van der Waals surface area contributed by atoms with E-state index in [1.165, 1.54) is 11.2 Å². The molecule has 24 heavy (non-hydrogen) atoms. The third kappa shape index (κ3) is 3.30. The smallest absolute Gasteiger partial charge is 0.225 e. The lowest BCUT2D eigenvalue weighted by molar-refractivity contribution is -0.119. The van der Waals surface area contributed by atoms with Gasteiger partial charge in [-0.05, 0) is 24.3 Å². The maximum Gasteiger partial charge on any atom is 0.225 e. The van der Waals surface area contributed by atoms with Crippen LogP contribution in [0.4, 0.5) is 23.1 Å². The fourth-order valence-electron chi connectivity index (χ4n) is 2.40. The van der Waals surface area contributed by atoms with Gasteiger partial charge in [-0.15, -0.1) is 0 Å². The highest BCUT2D eigenvalue weighted by Gasteiger charge is 2.22. The summed E-state index contributed by atoms with van der Waals surface area (Å²) in [4.78, 5) is 19.8. The number of carbonyl (C=O) groups is 1. The van der Waals surface area contributed by atoms with Crippen LogP contribution in [-0.2, 0) is 4.79 Å². The Bertz CT molecular complexity index is 735. The first-order chi connectivity index (χ1) is 11.6. The van der Waals surface area contributed by atoms with E-state index in [-0.39, 0.29) is 11.9 Å². The lowest BCUT2D eigenvalue weighted by Gasteiger charge is -2.20. The van der Waals surface area contributed by atoms with Crippen molar-refractivity contribution in [2.45, 2.75) is 12.5 Å². The molecule has 3 rings (SSSR count). The molecule has 1 atom stereocenters. The molecule has 0 spiro atoms. The van der Waals surface area contributed by atoms with Crippen molar-refractivity contribution in [2.75, 3.05) is 29.7 Å². The van der Waals surface area contributed by atoms with Gasteiger partial charge in [0.1, 0.15) is 5.75 Å². The second-order valence-corrected chi connectivity index (χ2v) is 5.39. The van der Waals surface area contributed by atoms with Gasteiger partial charge in [0.05, 0.1) is 30.7 Å². The van der Waals surface area contributed by atoms with Crippen molar-refractivity contribution in [3.8, 4) is 5.75 Å². The van der Waals surface area contributed by atoms with E-state index in [1.54, 1.807) is 31.4 Å². The molecular formula is C15H19N7O2. The van der Waals surface area contributed by atoms with Gasteiger partial charge in [0, 0.05) is 13.0 Å². The van der Waals surface area contributed by atoms with Crippen molar-refractivity contribution in [1.29, 1.82) is 0 Å². The van der Waals surface area contributed by atoms with E-state index < -0.39 is 0 Å². The predicted molar refractivity (Wildman–Crippen MR) is 90.8 cm³/mol. The van der Waals surface area contributed by atoms with E-state index >= 15 is 0 Å². The Balaban J connectivity index is 1.80. The molecule has 1 aliphatic rings. The molecule has 1 aromatic carbocycles. The van der Waals surface area contributed by atoms with Crippen LogP contribution >= 0.6 is 0 Å². The fraction of sp³-hybridized carbons (Fsp3) is 0.267. The lowest BCUT2D eigenvalue weighted by atomic mass is 10.2. The molecule has 9 nitrogen and oxygen atoms in total. The van der Waals surface area contributed by atoms with Crippen LogP contribution in [0, 0.1) is 0 Å². The number of aromatic nitrogens is 2. The maximum atomic E-state index is 11.3. The number of rotatable bonds is 5. The van der Waals surface area contributed by atoms with Crippen LogP contribution in [0.25, 0.3) is 0 Å². The number of ether oxygens (including phenoxy) is 1. The van der Waals surface area contributed by atoms with Crippen molar-refractivity contribution in [2.24, 2.45) is 5.84 Å². The van der Waals surface area contributed by atoms with Crippen LogP contribution in [-0.4, -0.2) is 35.6 Å². The van der Waals surface area contributed by atoms with Crippen molar-refractivity contribution >= 4 is 29.0 Å². The zero-order valence-corrected chi connectivity index (χ0v) is 13.2. The van der Waals surface area contributed by atoms with E-state index in [2.05, 4.69) is 20.6 Å². The monoisotopic (exact) mass is 329 g/mol. The topological polar surface area (TPSA) is 131 Å². The van der Waals surface area contributed by atoms with Gasteiger partial charge in [-0.2, -0.15) is 4.98 Å². The highest BCUT2D eigenvalue weighted by atomic mass is 16.5. The molecule has 2 aromatic rings. The first-order valence-electron chi connectivity index (χ1n) is 7.41. The van der Waals surface area contributed by atoms with Crippen molar-refractivity contribution in [3.05, 3.63) is 30.5 Å². The maximum absolute atomic E-state index is 11.3. The molecule has 1 saturated heterocycles. The van der Waals surface area contributed by atoms with Gasteiger partial charge >= 0.3 is 0 Å². The molecule has 9 heteroatoms. The number of hydrazine groups is 1. The van der Waals surface area contributed by atoms with Gasteiger partial charge in [-0.25, -0.2) is 10.8 Å². The third-order valence-corrected chi connectivity index (χ3v) is 3.69. The van der Waals surface area contributed by atoms with Crippen molar-refractivity contribution in [3.63, 3.8) is 0 Å². The predicted octanol–water partition coefficient (Wildman–Crippen LogP) is 0.380. The molecule has 0 aliphatic carbocycles. The van der Waals surface area contributed by atoms with Gasteiger partial charge < -0.3 is 21.1 Å². The molecule has 126 valence electrons. The Hall–Kier alpha value is -3.07. The van der Waals surface area contributed by atoms with E-state index in [0.717, 1.165) is 5.75 Å². The minimum absolute atomic E-state index is 0.00172. The lowest BCUT2D eigenvalue weighted by Crippen LogP contribution is -2.28. The zero-order valence-electron chi connectivity index (χ0n) is 13.2. The first-order valence-corrected chi connectivity index (χ1v) is 7.41. The highest BCUT2D eigenvalue weighted by Crippen LogP contribution is 2.27. The van der Waals surface area contributed by atoms with Crippen LogP contribution in [0.5, 0.6) is 5.75 Å². The number of amides is 1. The molecule has 6 N–H and O–H groups in total. The molecule has 1 fully saturated rings. The summed E-state index contributed by atoms with van der Waals surface area (Å²) in [5.41, 5.74) is 6.99. The number of nitrogens with two attached hydrogens (primary N) is 2. The zero-order chi connectivity index (χ0) is 17.1. The average Bonchev–Trinajstić information content (AvgIpc) is 3.01. The molecule has 1 amide bonds. The molecule has 1 aromatic heterocycles. The van der Waals surface area contributed by atoms with Crippen LogP contribution in [0.15, 0.2) is 30.5 Å². The number of carbonyl (C=O) groups excluding carboxylic acids is 1. The molecule has 0 saturated carbocycles. The number of nitrogen functional groups attached to an aromatic ring is 1. The Morgan fingerprint density at radius 1 is 1.38 bits per heavy atom. The second kappa shape index (κ2) is 6.59. The van der Waals surface area contributed by atoms with Crippen LogP contribution in [0.1, 0.15) is 6.42 Å². The molecule has 0 radical (unpaired) electrons. The number of nitrogens with one attached hydrogen (secondary N) is 2. The minimum Gasteiger partial charge on any atom is -0.497 e. The summed E-state index contributed by atoms with van der Waals surface area (Å²) in [7, 11) is 1.60. The average molecular weight is 329 g/mol. The summed E-state index contributed by atoms with van der Waals surface area (Å²) in [5.74, 6) is 7.60. The summed E-state index contributed by atoms with van der Waals surface area (Å²) in [6.07, 6.45) is 1.87. The van der Waals surface area contributed by atoms with Crippen molar-refractivity contribution < 1.29 is 9.53 Å². The number of hydrogen-bond donors (Lipinski definition) is 4. The molecule has 2 heterocycles. The SMILES string of the molecule is COc1ccc(N(N)c2nc(NC3CNC(=O)C3)ncc2N)cc1. The molecule has 1 unspecified atom stereocenters. The van der Waals surface area contributed by atoms with E-state index in [1.807, 2.05) is 0 Å². The standard InChI is InChI=1S/C15H19N7O2/c1-24-11-4-2-10(3-5-11)22(17)14-12(16)8-19-15(21-14)20-9-6-13(23)18-7-9/h2-5,8-9H,6-7,16-17H2,1H3,(H,18,23)(H,19,20,21). The van der Waals surface area contributed by atoms with Crippen LogP contribution < -0.4 is 32.0 Å². The largest absolute Gasteiger partial charge is 0.497 e. The van der Waals surface area contributed by atoms with Crippen LogP contribution in [0.3, 0.4) is 0 Å². The molecule has 1 aliphatic heterocycles. The summed E-state index contributed by atoms with van der Waals surface area (Å²) in [5, 5.41) is 7.22. The van der Waals surface area contributed by atoms with Gasteiger partial charge in [0.2, 0.25) is 11.9 Å².